The maximum Gasteiger partial charge on any atom is 0.264 e. The summed E-state index contributed by atoms with van der Waals surface area (Å²) in [4.78, 5) is 28.6. The second-order valence-corrected chi connectivity index (χ2v) is 12.9. The van der Waals surface area contributed by atoms with Gasteiger partial charge in [-0.05, 0) is 74.1 Å². The second-order valence-electron chi connectivity index (χ2n) is 11.0. The van der Waals surface area contributed by atoms with Crippen LogP contribution in [0.1, 0.15) is 37.5 Å². The summed E-state index contributed by atoms with van der Waals surface area (Å²) in [6.45, 7) is 9.58. The topological polar surface area (TPSA) is 105 Å². The molecule has 3 aromatic rings. The highest BCUT2D eigenvalue weighted by Crippen LogP contribution is 2.33. The van der Waals surface area contributed by atoms with Crippen LogP contribution < -0.4 is 19.1 Å². The molecular weight excluding hydrogens is 566 g/mol. The molecule has 0 heterocycles. The second kappa shape index (κ2) is 14.9. The van der Waals surface area contributed by atoms with Gasteiger partial charge >= 0.3 is 0 Å². The molecule has 1 atom stereocenters. The largest absolute Gasteiger partial charge is 0.493 e. The van der Waals surface area contributed by atoms with E-state index in [2.05, 4.69) is 5.32 Å². The zero-order chi connectivity index (χ0) is 31.7. The highest BCUT2D eigenvalue weighted by atomic mass is 32.2. The predicted octanol–water partition coefficient (Wildman–Crippen LogP) is 4.75. The summed E-state index contributed by atoms with van der Waals surface area (Å²) in [5.74, 6) is 0.0671. The van der Waals surface area contributed by atoms with Crippen molar-refractivity contribution >= 4 is 27.5 Å². The molecule has 3 aromatic carbocycles. The molecule has 0 aliphatic carbocycles. The van der Waals surface area contributed by atoms with Gasteiger partial charge in [0, 0.05) is 19.2 Å². The van der Waals surface area contributed by atoms with Crippen molar-refractivity contribution in [2.24, 2.45) is 5.92 Å². The van der Waals surface area contributed by atoms with Gasteiger partial charge in [-0.2, -0.15) is 0 Å². The molecule has 0 radical (unpaired) electrons. The highest BCUT2D eigenvalue weighted by molar-refractivity contribution is 7.92. The Labute approximate surface area is 255 Å². The Balaban J connectivity index is 2.04. The Kier molecular flexibility index (Phi) is 11.6. The van der Waals surface area contributed by atoms with Gasteiger partial charge in [0.05, 0.1) is 24.8 Å². The Morgan fingerprint density at radius 1 is 0.860 bits per heavy atom. The molecule has 0 aromatic heterocycles. The van der Waals surface area contributed by atoms with Crippen LogP contribution in [0.4, 0.5) is 5.69 Å². The first-order valence-corrected chi connectivity index (χ1v) is 15.8. The lowest BCUT2D eigenvalue weighted by Crippen LogP contribution is -2.52. The van der Waals surface area contributed by atoms with Crippen molar-refractivity contribution in [1.82, 2.24) is 10.2 Å². The maximum atomic E-state index is 14.2. The summed E-state index contributed by atoms with van der Waals surface area (Å²) >= 11 is 0. The molecule has 0 aliphatic heterocycles. The van der Waals surface area contributed by atoms with Gasteiger partial charge in [0.2, 0.25) is 11.8 Å². The van der Waals surface area contributed by atoms with Crippen molar-refractivity contribution in [3.63, 3.8) is 0 Å². The van der Waals surface area contributed by atoms with E-state index in [0.29, 0.717) is 24.4 Å². The van der Waals surface area contributed by atoms with Crippen LogP contribution in [0.25, 0.3) is 0 Å². The lowest BCUT2D eigenvalue weighted by Gasteiger charge is -2.32. The molecule has 2 amide bonds. The minimum Gasteiger partial charge on any atom is -0.493 e. The maximum absolute atomic E-state index is 14.2. The number of anilines is 1. The van der Waals surface area contributed by atoms with Gasteiger partial charge in [-0.1, -0.05) is 50.2 Å². The van der Waals surface area contributed by atoms with Crippen molar-refractivity contribution in [2.45, 2.75) is 52.0 Å². The molecule has 232 valence electrons. The average molecular weight is 610 g/mol. The SMILES string of the molecule is COc1ccc(S(=O)(=O)N(CC(=O)N(CCc2ccccc2)[C@@H](C)C(=O)NCC(C)C)c2cc(C)cc(C)c2)cc1OC. The number of aryl methyl sites for hydroxylation is 2. The van der Waals surface area contributed by atoms with Crippen LogP contribution in [0.2, 0.25) is 0 Å². The number of benzene rings is 3. The van der Waals surface area contributed by atoms with Crippen molar-refractivity contribution in [3.8, 4) is 11.5 Å². The first-order chi connectivity index (χ1) is 20.4. The molecule has 0 saturated heterocycles. The molecule has 0 saturated carbocycles. The van der Waals surface area contributed by atoms with E-state index >= 15 is 0 Å². The Morgan fingerprint density at radius 2 is 1.49 bits per heavy atom. The first-order valence-electron chi connectivity index (χ1n) is 14.3. The van der Waals surface area contributed by atoms with Crippen molar-refractivity contribution in [1.29, 1.82) is 0 Å². The number of hydrogen-bond acceptors (Lipinski definition) is 6. The standard InChI is InChI=1S/C33H43N3O6S/c1-23(2)21-34-33(38)26(5)35(16-15-27-11-9-8-10-12-27)32(37)22-36(28-18-24(3)17-25(4)19-28)43(39,40)29-13-14-30(41-6)31(20-29)42-7/h8-14,17-20,23,26H,15-16,21-22H2,1-7H3,(H,34,38)/t26-/m0/s1. The van der Waals surface area contributed by atoms with Gasteiger partial charge in [0.15, 0.2) is 11.5 Å². The van der Waals surface area contributed by atoms with Gasteiger partial charge < -0.3 is 19.7 Å². The number of methoxy groups -OCH3 is 2. The first kappa shape index (κ1) is 33.5. The predicted molar refractivity (Wildman–Crippen MR) is 169 cm³/mol. The minimum atomic E-state index is -4.26. The summed E-state index contributed by atoms with van der Waals surface area (Å²) < 4.78 is 40.2. The van der Waals surface area contributed by atoms with Gasteiger partial charge in [-0.3, -0.25) is 13.9 Å². The summed E-state index contributed by atoms with van der Waals surface area (Å²) in [5.41, 5.74) is 3.04. The number of sulfonamides is 1. The zero-order valence-corrected chi connectivity index (χ0v) is 26.9. The van der Waals surface area contributed by atoms with Crippen molar-refractivity contribution < 1.29 is 27.5 Å². The highest BCUT2D eigenvalue weighted by Gasteiger charge is 2.33. The molecule has 0 aliphatic rings. The summed E-state index contributed by atoms with van der Waals surface area (Å²) in [5, 5.41) is 2.90. The monoisotopic (exact) mass is 609 g/mol. The lowest BCUT2D eigenvalue weighted by molar-refractivity contribution is -0.138. The molecule has 43 heavy (non-hydrogen) atoms. The van der Waals surface area contributed by atoms with Crippen LogP contribution in [0.15, 0.2) is 71.6 Å². The number of hydrogen-bond donors (Lipinski definition) is 1. The number of ether oxygens (including phenoxy) is 2. The lowest BCUT2D eigenvalue weighted by atomic mass is 10.1. The van der Waals surface area contributed by atoms with E-state index in [1.807, 2.05) is 64.1 Å². The van der Waals surface area contributed by atoms with Crippen LogP contribution in [0.3, 0.4) is 0 Å². The van der Waals surface area contributed by atoms with Gasteiger partial charge in [0.25, 0.3) is 10.0 Å². The summed E-state index contributed by atoms with van der Waals surface area (Å²) in [6, 6.07) is 18.5. The molecule has 9 nitrogen and oxygen atoms in total. The zero-order valence-electron chi connectivity index (χ0n) is 26.1. The van der Waals surface area contributed by atoms with Gasteiger partial charge in [0.1, 0.15) is 12.6 Å². The smallest absolute Gasteiger partial charge is 0.264 e. The number of nitrogens with one attached hydrogen (secondary N) is 1. The van der Waals surface area contributed by atoms with E-state index < -0.39 is 28.5 Å². The van der Waals surface area contributed by atoms with Crippen LogP contribution in [-0.2, 0) is 26.0 Å². The number of carbonyl (C=O) groups is 2. The van der Waals surface area contributed by atoms with Crippen molar-refractivity contribution in [3.05, 3.63) is 83.4 Å². The number of nitrogens with zero attached hydrogens (tertiary/aromatic N) is 2. The van der Waals surface area contributed by atoms with Crippen LogP contribution in [0.5, 0.6) is 11.5 Å². The third-order valence-electron chi connectivity index (χ3n) is 7.05. The Bertz CT molecular complexity index is 1490. The van der Waals surface area contributed by atoms with E-state index in [-0.39, 0.29) is 29.0 Å². The Hall–Kier alpha value is -4.05. The number of rotatable bonds is 14. The molecular formula is C33H43N3O6S. The fraction of sp³-hybridized carbons (Fsp3) is 0.394. The molecule has 0 unspecified atom stereocenters. The molecule has 10 heteroatoms. The van der Waals surface area contributed by atoms with Crippen LogP contribution in [0, 0.1) is 19.8 Å². The fourth-order valence-electron chi connectivity index (χ4n) is 4.75. The molecule has 0 spiro atoms. The average Bonchev–Trinajstić information content (AvgIpc) is 2.98. The van der Waals surface area contributed by atoms with E-state index in [1.54, 1.807) is 19.1 Å². The number of carbonyl (C=O) groups excluding carboxylic acids is 2. The quantitative estimate of drug-likeness (QED) is 0.283. The summed E-state index contributed by atoms with van der Waals surface area (Å²) in [7, 11) is -1.36. The molecule has 3 rings (SSSR count). The van der Waals surface area contributed by atoms with Crippen molar-refractivity contribution in [2.75, 3.05) is 38.2 Å². The fourth-order valence-corrected chi connectivity index (χ4v) is 6.16. The van der Waals surface area contributed by atoms with E-state index in [4.69, 9.17) is 9.47 Å². The van der Waals surface area contributed by atoms with Gasteiger partial charge in [-0.15, -0.1) is 0 Å². The minimum absolute atomic E-state index is 0.0596. The normalized spacial score (nSPS) is 12.0. The summed E-state index contributed by atoms with van der Waals surface area (Å²) in [6.07, 6.45) is 0.500. The molecule has 1 N–H and O–H groups in total. The van der Waals surface area contributed by atoms with E-state index in [9.17, 15) is 18.0 Å². The van der Waals surface area contributed by atoms with E-state index in [0.717, 1.165) is 21.0 Å². The van der Waals surface area contributed by atoms with Crippen LogP contribution >= 0.6 is 0 Å². The van der Waals surface area contributed by atoms with E-state index in [1.165, 1.54) is 37.3 Å². The van der Waals surface area contributed by atoms with Gasteiger partial charge in [-0.25, -0.2) is 8.42 Å². The third-order valence-corrected chi connectivity index (χ3v) is 8.82. The van der Waals surface area contributed by atoms with Crippen LogP contribution in [-0.4, -0.2) is 65.0 Å². The third kappa shape index (κ3) is 8.73. The molecule has 0 fully saturated rings. The molecule has 0 bridgehead atoms. The Morgan fingerprint density at radius 3 is 2.07 bits per heavy atom. The number of amides is 2.